The normalized spacial score (nSPS) is 21.1. The average Bonchev–Trinajstić information content (AvgIpc) is 2.77. The van der Waals surface area contributed by atoms with Gasteiger partial charge in [0.05, 0.1) is 20.3 Å². The maximum absolute atomic E-state index is 11.3. The van der Waals surface area contributed by atoms with Crippen LogP contribution in [0.2, 0.25) is 0 Å². The van der Waals surface area contributed by atoms with Crippen LogP contribution in [0.25, 0.3) is 0 Å². The number of rotatable bonds is 4. The summed E-state index contributed by atoms with van der Waals surface area (Å²) < 4.78 is 10.1. The summed E-state index contributed by atoms with van der Waals surface area (Å²) in [4.78, 5) is 13.6. The molecular formula is C14H21NO4. The topological polar surface area (TPSA) is 62.9 Å². The molecule has 1 aromatic rings. The van der Waals surface area contributed by atoms with Crippen LogP contribution in [0.15, 0.2) is 16.5 Å². The summed E-state index contributed by atoms with van der Waals surface area (Å²) in [7, 11) is 1.33. The van der Waals surface area contributed by atoms with Crippen molar-refractivity contribution in [3.05, 3.63) is 23.7 Å². The van der Waals surface area contributed by atoms with Gasteiger partial charge in [-0.15, -0.1) is 0 Å². The fourth-order valence-corrected chi connectivity index (χ4v) is 2.53. The summed E-state index contributed by atoms with van der Waals surface area (Å²) >= 11 is 0. The second kappa shape index (κ2) is 6.73. The van der Waals surface area contributed by atoms with E-state index in [1.165, 1.54) is 13.5 Å². The number of esters is 1. The molecule has 0 amide bonds. The molecule has 1 atom stereocenters. The monoisotopic (exact) mass is 267 g/mol. The Bertz CT molecular complexity index is 415. The van der Waals surface area contributed by atoms with Gasteiger partial charge in [0.25, 0.3) is 0 Å². The number of furan rings is 1. The third-order valence-electron chi connectivity index (χ3n) is 3.62. The van der Waals surface area contributed by atoms with E-state index < -0.39 is 5.97 Å². The Hall–Kier alpha value is -1.33. The van der Waals surface area contributed by atoms with Crippen LogP contribution in [-0.4, -0.2) is 42.3 Å². The number of aliphatic hydroxyl groups is 1. The highest BCUT2D eigenvalue weighted by Gasteiger charge is 2.22. The van der Waals surface area contributed by atoms with Crippen molar-refractivity contribution in [2.75, 3.05) is 20.3 Å². The molecule has 1 aromatic heterocycles. The molecule has 5 heteroatoms. The molecule has 0 aliphatic carbocycles. The molecule has 0 saturated carbocycles. The number of aliphatic hydroxyl groups excluding tert-OH is 1. The highest BCUT2D eigenvalue weighted by molar-refractivity contribution is 5.86. The predicted octanol–water partition coefficient (Wildman–Crippen LogP) is 1.80. The summed E-state index contributed by atoms with van der Waals surface area (Å²) in [5.74, 6) is 0.509. The molecule has 5 nitrogen and oxygen atoms in total. The van der Waals surface area contributed by atoms with Crippen LogP contribution < -0.4 is 0 Å². The van der Waals surface area contributed by atoms with Crippen LogP contribution >= 0.6 is 0 Å². The molecule has 0 aromatic carbocycles. The van der Waals surface area contributed by atoms with Gasteiger partial charge < -0.3 is 14.3 Å². The Morgan fingerprint density at radius 3 is 3.05 bits per heavy atom. The van der Waals surface area contributed by atoms with Crippen molar-refractivity contribution in [1.29, 1.82) is 0 Å². The van der Waals surface area contributed by atoms with E-state index in [0.29, 0.717) is 6.54 Å². The molecule has 0 bridgehead atoms. The van der Waals surface area contributed by atoms with E-state index >= 15 is 0 Å². The van der Waals surface area contributed by atoms with E-state index in [2.05, 4.69) is 9.64 Å². The Kier molecular flexibility index (Phi) is 4.99. The van der Waals surface area contributed by atoms with E-state index in [1.54, 1.807) is 12.1 Å². The fraction of sp³-hybridized carbons (Fsp3) is 0.643. The van der Waals surface area contributed by atoms with Gasteiger partial charge in [0.15, 0.2) is 0 Å². The lowest BCUT2D eigenvalue weighted by molar-refractivity contribution is 0.0557. The molecule has 1 N–H and O–H groups in total. The first-order chi connectivity index (χ1) is 9.24. The number of ether oxygens (including phenoxy) is 1. The molecule has 2 heterocycles. The molecule has 1 fully saturated rings. The lowest BCUT2D eigenvalue weighted by Gasteiger charge is -2.27. The first-order valence-corrected chi connectivity index (χ1v) is 6.76. The van der Waals surface area contributed by atoms with Crippen molar-refractivity contribution >= 4 is 5.97 Å². The summed E-state index contributed by atoms with van der Waals surface area (Å²) in [6, 6.07) is 3.62. The van der Waals surface area contributed by atoms with Crippen LogP contribution in [0.4, 0.5) is 0 Å². The Morgan fingerprint density at radius 2 is 2.32 bits per heavy atom. The average molecular weight is 267 g/mol. The Labute approximate surface area is 113 Å². The van der Waals surface area contributed by atoms with Gasteiger partial charge in [0.2, 0.25) is 5.76 Å². The van der Waals surface area contributed by atoms with Crippen molar-refractivity contribution in [3.63, 3.8) is 0 Å². The molecule has 106 valence electrons. The number of methoxy groups -OCH3 is 1. The van der Waals surface area contributed by atoms with Crippen LogP contribution in [0.1, 0.15) is 42.0 Å². The minimum absolute atomic E-state index is 0.171. The molecule has 19 heavy (non-hydrogen) atoms. The zero-order chi connectivity index (χ0) is 13.7. The second-order valence-corrected chi connectivity index (χ2v) is 4.91. The number of hydrogen-bond acceptors (Lipinski definition) is 5. The van der Waals surface area contributed by atoms with E-state index in [-0.39, 0.29) is 18.4 Å². The summed E-state index contributed by atoms with van der Waals surface area (Å²) in [6.45, 7) is 1.76. The van der Waals surface area contributed by atoms with E-state index in [1.807, 2.05) is 0 Å². The van der Waals surface area contributed by atoms with E-state index in [4.69, 9.17) is 4.42 Å². The van der Waals surface area contributed by atoms with E-state index in [9.17, 15) is 9.90 Å². The van der Waals surface area contributed by atoms with Crippen molar-refractivity contribution in [2.24, 2.45) is 0 Å². The van der Waals surface area contributed by atoms with Crippen LogP contribution in [-0.2, 0) is 11.3 Å². The second-order valence-electron chi connectivity index (χ2n) is 4.91. The van der Waals surface area contributed by atoms with Gasteiger partial charge in [0, 0.05) is 6.04 Å². The third-order valence-corrected chi connectivity index (χ3v) is 3.62. The van der Waals surface area contributed by atoms with Crippen molar-refractivity contribution < 1.29 is 19.1 Å². The van der Waals surface area contributed by atoms with Gasteiger partial charge in [-0.05, 0) is 31.5 Å². The van der Waals surface area contributed by atoms with Crippen molar-refractivity contribution in [3.8, 4) is 0 Å². The minimum atomic E-state index is -0.458. The SMILES string of the molecule is COC(=O)c1ccc(CN2CCCCCC2CO)o1. The van der Waals surface area contributed by atoms with Crippen molar-refractivity contribution in [1.82, 2.24) is 4.90 Å². The van der Waals surface area contributed by atoms with Gasteiger partial charge >= 0.3 is 5.97 Å². The van der Waals surface area contributed by atoms with Crippen LogP contribution in [0, 0.1) is 0 Å². The lowest BCUT2D eigenvalue weighted by Crippen LogP contribution is -2.36. The standard InChI is InChI=1S/C14H21NO4/c1-18-14(17)13-7-6-12(19-13)9-15-8-4-2-3-5-11(15)10-16/h6-7,11,16H,2-5,8-10H2,1H3. The Morgan fingerprint density at radius 1 is 1.47 bits per heavy atom. The molecule has 1 unspecified atom stereocenters. The smallest absolute Gasteiger partial charge is 0.373 e. The first-order valence-electron chi connectivity index (χ1n) is 6.76. The van der Waals surface area contributed by atoms with Gasteiger partial charge in [0.1, 0.15) is 5.76 Å². The lowest BCUT2D eigenvalue weighted by atomic mass is 10.1. The van der Waals surface area contributed by atoms with Gasteiger partial charge in [-0.3, -0.25) is 4.90 Å². The number of carbonyl (C=O) groups excluding carboxylic acids is 1. The minimum Gasteiger partial charge on any atom is -0.463 e. The zero-order valence-electron chi connectivity index (χ0n) is 11.3. The molecule has 1 aliphatic heterocycles. The zero-order valence-corrected chi connectivity index (χ0v) is 11.3. The van der Waals surface area contributed by atoms with E-state index in [0.717, 1.165) is 31.6 Å². The third kappa shape index (κ3) is 3.58. The summed E-state index contributed by atoms with van der Waals surface area (Å²) in [5, 5.41) is 9.45. The van der Waals surface area contributed by atoms with Crippen LogP contribution in [0.5, 0.6) is 0 Å². The predicted molar refractivity (Wildman–Crippen MR) is 69.8 cm³/mol. The highest BCUT2D eigenvalue weighted by Crippen LogP contribution is 2.20. The quantitative estimate of drug-likeness (QED) is 0.843. The number of carbonyl (C=O) groups is 1. The van der Waals surface area contributed by atoms with Gasteiger partial charge in [-0.1, -0.05) is 12.8 Å². The molecule has 1 aliphatic rings. The molecule has 0 radical (unpaired) electrons. The maximum Gasteiger partial charge on any atom is 0.373 e. The fourth-order valence-electron chi connectivity index (χ4n) is 2.53. The first kappa shape index (κ1) is 14.1. The number of hydrogen-bond donors (Lipinski definition) is 1. The van der Waals surface area contributed by atoms with Gasteiger partial charge in [-0.2, -0.15) is 0 Å². The molecular weight excluding hydrogens is 246 g/mol. The highest BCUT2D eigenvalue weighted by atomic mass is 16.5. The number of likely N-dealkylation sites (tertiary alicyclic amines) is 1. The molecule has 1 saturated heterocycles. The van der Waals surface area contributed by atoms with Crippen molar-refractivity contribution in [2.45, 2.75) is 38.3 Å². The maximum atomic E-state index is 11.3. The summed E-state index contributed by atoms with van der Waals surface area (Å²) in [5.41, 5.74) is 0. The van der Waals surface area contributed by atoms with Gasteiger partial charge in [-0.25, -0.2) is 4.79 Å². The van der Waals surface area contributed by atoms with Crippen LogP contribution in [0.3, 0.4) is 0 Å². The molecule has 2 rings (SSSR count). The Balaban J connectivity index is 2.02. The largest absolute Gasteiger partial charge is 0.463 e. The number of nitrogens with zero attached hydrogens (tertiary/aromatic N) is 1. The molecule has 0 spiro atoms. The summed E-state index contributed by atoms with van der Waals surface area (Å²) in [6.07, 6.45) is 4.52.